The first-order chi connectivity index (χ1) is 15.5. The zero-order valence-electron chi connectivity index (χ0n) is 19.6. The summed E-state index contributed by atoms with van der Waals surface area (Å²) in [5, 5.41) is 0. The molecule has 1 spiro atoms. The molecular weight excluding hydrogens is 418 g/mol. The second kappa shape index (κ2) is 8.21. The standard InChI is InChI=1S/C27H38ClN3O/c1-3-31(18-28)23-14-26(24(32)30-16-21-11-9-20(15-29)10-12-21)17-25(13-19(2)27(23,25)26)22-7-5-4-6-8-22/h4-8,16,19-21,23H,3,9-15,17-18,29H2,1-2H3. The van der Waals surface area contributed by atoms with Crippen molar-refractivity contribution < 1.29 is 4.79 Å². The molecule has 0 aliphatic heterocycles. The summed E-state index contributed by atoms with van der Waals surface area (Å²) in [5.74, 6) is 1.72. The lowest BCUT2D eigenvalue weighted by Crippen LogP contribution is -2.91. The molecule has 0 saturated heterocycles. The average Bonchev–Trinajstić information content (AvgIpc) is 2.81. The molecule has 0 bridgehead atoms. The van der Waals surface area contributed by atoms with Gasteiger partial charge in [-0.15, -0.1) is 11.6 Å². The van der Waals surface area contributed by atoms with Crippen molar-refractivity contribution in [1.82, 2.24) is 4.90 Å². The van der Waals surface area contributed by atoms with Crippen LogP contribution in [0.5, 0.6) is 0 Å². The lowest BCUT2D eigenvalue weighted by molar-refractivity contribution is -0.362. The van der Waals surface area contributed by atoms with Crippen molar-refractivity contribution >= 4 is 23.7 Å². The predicted octanol–water partition coefficient (Wildman–Crippen LogP) is 4.99. The number of hydrogen-bond donors (Lipinski definition) is 1. The number of carbonyl (C=O) groups is 1. The van der Waals surface area contributed by atoms with Gasteiger partial charge in [-0.25, -0.2) is 4.99 Å². The monoisotopic (exact) mass is 455 g/mol. The highest BCUT2D eigenvalue weighted by Crippen LogP contribution is 2.89. The van der Waals surface area contributed by atoms with E-state index in [-0.39, 0.29) is 22.2 Å². The SMILES string of the molecule is CCN(CCl)C1CC2(C(=O)N=CC3CCC(CN)CC3)CC3(c4ccccc4)CC(C)C123. The lowest BCUT2D eigenvalue weighted by atomic mass is 9.15. The first-order valence-corrected chi connectivity index (χ1v) is 13.2. The maximum absolute atomic E-state index is 13.8. The molecule has 1 aromatic rings. The van der Waals surface area contributed by atoms with E-state index in [0.717, 1.165) is 58.0 Å². The van der Waals surface area contributed by atoms with E-state index in [1.807, 2.05) is 6.21 Å². The largest absolute Gasteiger partial charge is 0.330 e. The number of carbonyl (C=O) groups excluding carboxylic acids is 1. The van der Waals surface area contributed by atoms with Gasteiger partial charge in [-0.05, 0) is 81.4 Å². The fraction of sp³-hybridized carbons (Fsp3) is 0.704. The molecule has 4 aliphatic rings. The van der Waals surface area contributed by atoms with Crippen LogP contribution < -0.4 is 5.73 Å². The van der Waals surface area contributed by atoms with E-state index in [0.29, 0.717) is 29.8 Å². The van der Waals surface area contributed by atoms with Gasteiger partial charge in [0.25, 0.3) is 5.91 Å². The summed E-state index contributed by atoms with van der Waals surface area (Å²) in [6.45, 7) is 6.24. The molecule has 0 heterocycles. The van der Waals surface area contributed by atoms with Gasteiger partial charge in [0, 0.05) is 23.1 Å². The van der Waals surface area contributed by atoms with Gasteiger partial charge in [-0.2, -0.15) is 0 Å². The Balaban J connectivity index is 1.43. The summed E-state index contributed by atoms with van der Waals surface area (Å²) in [6, 6.07) is 11.8. The Hall–Kier alpha value is -1.23. The quantitative estimate of drug-likeness (QED) is 0.357. The first-order valence-electron chi connectivity index (χ1n) is 12.6. The molecule has 4 nitrogen and oxygen atoms in total. The first kappa shape index (κ1) is 22.6. The van der Waals surface area contributed by atoms with Crippen LogP contribution in [0.1, 0.15) is 64.4 Å². The molecule has 1 aromatic carbocycles. The third-order valence-electron chi connectivity index (χ3n) is 10.1. The zero-order valence-corrected chi connectivity index (χ0v) is 20.4. The number of aliphatic imine (C=N–C) groups is 1. The smallest absolute Gasteiger partial charge is 0.252 e. The minimum atomic E-state index is -0.310. The Morgan fingerprint density at radius 3 is 2.53 bits per heavy atom. The van der Waals surface area contributed by atoms with Crippen LogP contribution in [0, 0.1) is 28.6 Å². The van der Waals surface area contributed by atoms with E-state index in [2.05, 4.69) is 54.1 Å². The Morgan fingerprint density at radius 1 is 1.22 bits per heavy atom. The van der Waals surface area contributed by atoms with Crippen LogP contribution in [-0.2, 0) is 10.2 Å². The van der Waals surface area contributed by atoms with Crippen molar-refractivity contribution in [2.24, 2.45) is 39.3 Å². The van der Waals surface area contributed by atoms with Crippen molar-refractivity contribution in [3.05, 3.63) is 35.9 Å². The van der Waals surface area contributed by atoms with Crippen LogP contribution >= 0.6 is 11.6 Å². The summed E-state index contributed by atoms with van der Waals surface area (Å²) < 4.78 is 0. The highest BCUT2D eigenvalue weighted by molar-refractivity contribution is 6.17. The van der Waals surface area contributed by atoms with Gasteiger partial charge < -0.3 is 5.73 Å². The fourth-order valence-electron chi connectivity index (χ4n) is 8.69. The molecule has 0 radical (unpaired) electrons. The minimum Gasteiger partial charge on any atom is -0.330 e. The van der Waals surface area contributed by atoms with Crippen molar-refractivity contribution in [3.8, 4) is 0 Å². The lowest BCUT2D eigenvalue weighted by Gasteiger charge is -2.89. The molecule has 5 heteroatoms. The summed E-state index contributed by atoms with van der Waals surface area (Å²) >= 11 is 6.40. The number of halogens is 1. The number of nitrogens with two attached hydrogens (primary N) is 1. The number of amides is 1. The second-order valence-electron chi connectivity index (χ2n) is 11.0. The van der Waals surface area contributed by atoms with Crippen LogP contribution in [0.15, 0.2) is 35.3 Å². The molecule has 4 saturated carbocycles. The predicted molar refractivity (Wildman–Crippen MR) is 131 cm³/mol. The van der Waals surface area contributed by atoms with Crippen molar-refractivity contribution in [3.63, 3.8) is 0 Å². The van der Waals surface area contributed by atoms with Crippen LogP contribution in [0.2, 0.25) is 0 Å². The normalized spacial score (nSPS) is 42.5. The van der Waals surface area contributed by atoms with Crippen molar-refractivity contribution in [2.45, 2.75) is 70.3 Å². The third-order valence-corrected chi connectivity index (χ3v) is 10.4. The summed E-state index contributed by atoms with van der Waals surface area (Å²) in [5.41, 5.74) is 7.00. The van der Waals surface area contributed by atoms with E-state index in [9.17, 15) is 4.79 Å². The van der Waals surface area contributed by atoms with Gasteiger partial charge in [0.15, 0.2) is 0 Å². The Kier molecular flexibility index (Phi) is 5.79. The molecular formula is C27H38ClN3O. The number of alkyl halides is 1. The molecule has 5 rings (SSSR count). The number of rotatable bonds is 7. The Labute approximate surface area is 198 Å². The molecule has 0 aromatic heterocycles. The van der Waals surface area contributed by atoms with Gasteiger partial charge >= 0.3 is 0 Å². The number of nitrogens with zero attached hydrogens (tertiary/aromatic N) is 2. The second-order valence-corrected chi connectivity index (χ2v) is 11.3. The number of benzene rings is 1. The third kappa shape index (κ3) is 2.75. The molecule has 4 fully saturated rings. The zero-order chi connectivity index (χ0) is 22.6. The molecule has 174 valence electrons. The molecule has 1 amide bonds. The highest BCUT2D eigenvalue weighted by Gasteiger charge is 2.91. The number of hydrogen-bond acceptors (Lipinski definition) is 3. The van der Waals surface area contributed by atoms with Gasteiger partial charge in [-0.1, -0.05) is 44.2 Å². The molecule has 2 N–H and O–H groups in total. The molecule has 32 heavy (non-hydrogen) atoms. The van der Waals surface area contributed by atoms with Gasteiger partial charge in [0.05, 0.1) is 11.4 Å². The van der Waals surface area contributed by atoms with Gasteiger partial charge in [0.2, 0.25) is 0 Å². The van der Waals surface area contributed by atoms with E-state index >= 15 is 0 Å². The van der Waals surface area contributed by atoms with Crippen LogP contribution in [0.3, 0.4) is 0 Å². The topological polar surface area (TPSA) is 58.7 Å². The van der Waals surface area contributed by atoms with Crippen molar-refractivity contribution in [2.75, 3.05) is 19.1 Å². The maximum atomic E-state index is 13.8. The average molecular weight is 456 g/mol. The van der Waals surface area contributed by atoms with Crippen LogP contribution in [0.4, 0.5) is 0 Å². The van der Waals surface area contributed by atoms with E-state index in [1.165, 1.54) is 5.56 Å². The Bertz CT molecular complexity index is 878. The summed E-state index contributed by atoms with van der Waals surface area (Å²) in [7, 11) is 0. The van der Waals surface area contributed by atoms with Crippen molar-refractivity contribution in [1.29, 1.82) is 0 Å². The van der Waals surface area contributed by atoms with Gasteiger partial charge in [0.1, 0.15) is 0 Å². The minimum absolute atomic E-state index is 0.0299. The summed E-state index contributed by atoms with van der Waals surface area (Å²) in [4.78, 5) is 20.8. The van der Waals surface area contributed by atoms with Gasteiger partial charge in [-0.3, -0.25) is 9.69 Å². The van der Waals surface area contributed by atoms with E-state index < -0.39 is 0 Å². The van der Waals surface area contributed by atoms with Crippen LogP contribution in [-0.4, -0.2) is 42.2 Å². The molecule has 5 atom stereocenters. The van der Waals surface area contributed by atoms with E-state index in [4.69, 9.17) is 17.3 Å². The molecule has 5 unspecified atom stereocenters. The summed E-state index contributed by atoms with van der Waals surface area (Å²) in [6.07, 6.45) is 9.55. The van der Waals surface area contributed by atoms with E-state index in [1.54, 1.807) is 0 Å². The molecule has 4 aliphatic carbocycles. The fourth-order valence-corrected chi connectivity index (χ4v) is 9.03. The maximum Gasteiger partial charge on any atom is 0.252 e. The Morgan fingerprint density at radius 2 is 1.94 bits per heavy atom. The van der Waals surface area contributed by atoms with Crippen LogP contribution in [0.25, 0.3) is 0 Å². The highest BCUT2D eigenvalue weighted by atomic mass is 35.5.